The first kappa shape index (κ1) is 7.92. The van der Waals surface area contributed by atoms with Crippen molar-refractivity contribution >= 4 is 6.29 Å². The molecule has 0 N–H and O–H groups in total. The van der Waals surface area contributed by atoms with Crippen molar-refractivity contribution in [3.8, 4) is 0 Å². The fraction of sp³-hybridized carbons (Fsp3) is 0.333. The van der Waals surface area contributed by atoms with Gasteiger partial charge in [-0.05, 0) is 12.1 Å². The van der Waals surface area contributed by atoms with Crippen molar-refractivity contribution in [1.82, 2.24) is 4.98 Å². The number of rotatable bonds is 3. The van der Waals surface area contributed by atoms with E-state index in [1.165, 1.54) is 0 Å². The van der Waals surface area contributed by atoms with Gasteiger partial charge in [-0.3, -0.25) is 9.78 Å². The van der Waals surface area contributed by atoms with Crippen molar-refractivity contribution in [2.24, 2.45) is 0 Å². The van der Waals surface area contributed by atoms with E-state index < -0.39 is 0 Å². The van der Waals surface area contributed by atoms with E-state index in [-0.39, 0.29) is 5.92 Å². The first-order valence-corrected chi connectivity index (χ1v) is 3.60. The van der Waals surface area contributed by atoms with Gasteiger partial charge in [-0.15, -0.1) is 0 Å². The predicted octanol–water partition coefficient (Wildman–Crippen LogP) is 1.68. The van der Waals surface area contributed by atoms with Crippen LogP contribution in [0.4, 0.5) is 0 Å². The molecule has 0 fully saturated rings. The number of carbonyl (C=O) groups excluding carboxylic acids is 1. The van der Waals surface area contributed by atoms with E-state index in [1.807, 2.05) is 31.4 Å². The highest BCUT2D eigenvalue weighted by Crippen LogP contribution is 2.13. The molecule has 1 radical (unpaired) electrons. The maximum atomic E-state index is 10.0. The van der Waals surface area contributed by atoms with Crippen LogP contribution in [0.5, 0.6) is 0 Å². The van der Waals surface area contributed by atoms with Gasteiger partial charge in [-0.1, -0.05) is 13.0 Å². The van der Waals surface area contributed by atoms with Gasteiger partial charge in [-0.2, -0.15) is 0 Å². The summed E-state index contributed by atoms with van der Waals surface area (Å²) >= 11 is 0. The number of aromatic nitrogens is 1. The molecular formula is C9H10NO. The van der Waals surface area contributed by atoms with Crippen LogP contribution in [0.3, 0.4) is 0 Å². The largest absolute Gasteiger partial charge is 0.291 e. The molecular weight excluding hydrogens is 138 g/mol. The fourth-order valence-electron chi connectivity index (χ4n) is 0.897. The van der Waals surface area contributed by atoms with Crippen molar-refractivity contribution in [2.45, 2.75) is 19.3 Å². The molecule has 1 aromatic heterocycles. The topological polar surface area (TPSA) is 30.0 Å². The number of nitrogens with zero attached hydrogens (tertiary/aromatic N) is 1. The second-order valence-corrected chi connectivity index (χ2v) is 2.50. The zero-order valence-corrected chi connectivity index (χ0v) is 6.45. The minimum Gasteiger partial charge on any atom is -0.291 e. The van der Waals surface area contributed by atoms with Gasteiger partial charge in [0.15, 0.2) is 6.29 Å². The fourth-order valence-corrected chi connectivity index (χ4v) is 0.897. The van der Waals surface area contributed by atoms with Gasteiger partial charge in [0, 0.05) is 24.2 Å². The van der Waals surface area contributed by atoms with Gasteiger partial charge < -0.3 is 0 Å². The molecule has 2 heteroatoms. The van der Waals surface area contributed by atoms with Crippen molar-refractivity contribution in [1.29, 1.82) is 0 Å². The first-order chi connectivity index (χ1) is 5.34. The molecule has 1 atom stereocenters. The van der Waals surface area contributed by atoms with E-state index in [4.69, 9.17) is 0 Å². The van der Waals surface area contributed by atoms with Crippen molar-refractivity contribution in [2.75, 3.05) is 0 Å². The Morgan fingerprint density at radius 2 is 2.45 bits per heavy atom. The number of pyridine rings is 1. The van der Waals surface area contributed by atoms with Crippen LogP contribution in [0.25, 0.3) is 0 Å². The normalized spacial score (nSPS) is 12.5. The summed E-state index contributed by atoms with van der Waals surface area (Å²) in [4.78, 5) is 14.2. The Bertz CT molecular complexity index is 220. The predicted molar refractivity (Wildman–Crippen MR) is 43.0 cm³/mol. The molecule has 0 amide bonds. The van der Waals surface area contributed by atoms with Crippen LogP contribution < -0.4 is 0 Å². The van der Waals surface area contributed by atoms with Crippen molar-refractivity contribution in [3.05, 3.63) is 30.1 Å². The van der Waals surface area contributed by atoms with Crippen LogP contribution >= 0.6 is 0 Å². The zero-order valence-electron chi connectivity index (χ0n) is 6.45. The number of hydrogen-bond donors (Lipinski definition) is 0. The minimum atomic E-state index is 0.189. The highest BCUT2D eigenvalue weighted by molar-refractivity contribution is 5.52. The molecule has 2 nitrogen and oxygen atoms in total. The smallest absolute Gasteiger partial charge is 0.199 e. The maximum Gasteiger partial charge on any atom is 0.199 e. The van der Waals surface area contributed by atoms with Crippen LogP contribution in [0.2, 0.25) is 0 Å². The van der Waals surface area contributed by atoms with Gasteiger partial charge in [0.1, 0.15) is 0 Å². The molecule has 0 aliphatic carbocycles. The lowest BCUT2D eigenvalue weighted by Gasteiger charge is -2.04. The Labute approximate surface area is 66.3 Å². The summed E-state index contributed by atoms with van der Waals surface area (Å²) in [7, 11) is 0. The molecule has 1 rings (SSSR count). The van der Waals surface area contributed by atoms with Gasteiger partial charge in [0.05, 0.1) is 0 Å². The lowest BCUT2D eigenvalue weighted by Crippen LogP contribution is -1.96. The Morgan fingerprint density at radius 3 is 3.00 bits per heavy atom. The third-order valence-electron chi connectivity index (χ3n) is 1.58. The quantitative estimate of drug-likeness (QED) is 0.652. The molecule has 0 aromatic carbocycles. The second-order valence-electron chi connectivity index (χ2n) is 2.50. The van der Waals surface area contributed by atoms with Gasteiger partial charge >= 0.3 is 0 Å². The second kappa shape index (κ2) is 3.86. The molecule has 0 aliphatic rings. The van der Waals surface area contributed by atoms with Crippen LogP contribution in [0.15, 0.2) is 24.4 Å². The average Bonchev–Trinajstić information content (AvgIpc) is 2.07. The SMILES string of the molecule is CC(C[C]=O)c1ccccn1. The molecule has 0 saturated heterocycles. The highest BCUT2D eigenvalue weighted by Gasteiger charge is 2.04. The van der Waals surface area contributed by atoms with E-state index >= 15 is 0 Å². The zero-order chi connectivity index (χ0) is 8.10. The van der Waals surface area contributed by atoms with E-state index in [2.05, 4.69) is 4.98 Å². The molecule has 1 aromatic rings. The Kier molecular flexibility index (Phi) is 2.78. The van der Waals surface area contributed by atoms with Crippen LogP contribution in [0.1, 0.15) is 25.0 Å². The molecule has 0 saturated carbocycles. The Morgan fingerprint density at radius 1 is 1.64 bits per heavy atom. The standard InChI is InChI=1S/C9H10NO/c1-8(5-7-11)9-4-2-3-6-10-9/h2-4,6,8H,5H2,1H3. The summed E-state index contributed by atoms with van der Waals surface area (Å²) in [5.41, 5.74) is 0.954. The van der Waals surface area contributed by atoms with E-state index in [0.29, 0.717) is 6.42 Å². The lowest BCUT2D eigenvalue weighted by molar-refractivity contribution is 0.544. The third-order valence-corrected chi connectivity index (χ3v) is 1.58. The highest BCUT2D eigenvalue weighted by atomic mass is 16.1. The molecule has 1 unspecified atom stereocenters. The van der Waals surface area contributed by atoms with Crippen LogP contribution in [-0.4, -0.2) is 11.3 Å². The van der Waals surface area contributed by atoms with Crippen LogP contribution in [-0.2, 0) is 4.79 Å². The lowest BCUT2D eigenvalue weighted by atomic mass is 10.0. The summed E-state index contributed by atoms with van der Waals surface area (Å²) < 4.78 is 0. The van der Waals surface area contributed by atoms with Crippen molar-refractivity contribution in [3.63, 3.8) is 0 Å². The van der Waals surface area contributed by atoms with E-state index in [9.17, 15) is 4.79 Å². The van der Waals surface area contributed by atoms with Gasteiger partial charge in [-0.25, -0.2) is 0 Å². The van der Waals surface area contributed by atoms with Crippen LogP contribution in [0, 0.1) is 0 Å². The first-order valence-electron chi connectivity index (χ1n) is 3.60. The minimum absolute atomic E-state index is 0.189. The third kappa shape index (κ3) is 2.15. The van der Waals surface area contributed by atoms with Gasteiger partial charge in [0.25, 0.3) is 0 Å². The molecule has 0 spiro atoms. The molecule has 0 aliphatic heterocycles. The van der Waals surface area contributed by atoms with Gasteiger partial charge in [0.2, 0.25) is 0 Å². The monoisotopic (exact) mass is 148 g/mol. The summed E-state index contributed by atoms with van der Waals surface area (Å²) in [6.45, 7) is 1.97. The van der Waals surface area contributed by atoms with E-state index in [1.54, 1.807) is 6.20 Å². The summed E-state index contributed by atoms with van der Waals surface area (Å²) in [6.07, 6.45) is 4.04. The molecule has 1 heterocycles. The molecule has 0 bridgehead atoms. The average molecular weight is 148 g/mol. The Hall–Kier alpha value is -1.18. The summed E-state index contributed by atoms with van der Waals surface area (Å²) in [6, 6.07) is 5.70. The maximum absolute atomic E-state index is 10.0. The van der Waals surface area contributed by atoms with E-state index in [0.717, 1.165) is 5.69 Å². The Balaban J connectivity index is 2.68. The number of hydrogen-bond acceptors (Lipinski definition) is 2. The summed E-state index contributed by atoms with van der Waals surface area (Å²) in [5.74, 6) is 0.189. The molecule has 57 valence electrons. The van der Waals surface area contributed by atoms with Crippen molar-refractivity contribution < 1.29 is 4.79 Å². The molecule has 11 heavy (non-hydrogen) atoms. The summed E-state index contributed by atoms with van der Waals surface area (Å²) in [5, 5.41) is 0.